The molecule has 222 valence electrons. The predicted octanol–water partition coefficient (Wildman–Crippen LogP) is 8.90. The molecule has 0 saturated heterocycles. The lowest BCUT2D eigenvalue weighted by atomic mass is 9.85. The van der Waals surface area contributed by atoms with E-state index in [9.17, 15) is 13.2 Å². The summed E-state index contributed by atoms with van der Waals surface area (Å²) in [5.74, 6) is 0.247. The van der Waals surface area contributed by atoms with Crippen LogP contribution < -0.4 is 10.1 Å². The van der Waals surface area contributed by atoms with E-state index >= 15 is 0 Å². The molecule has 5 aromatic rings. The largest absolute Gasteiger partial charge is 0.463 e. The molecule has 5 rings (SSSR count). The maximum atomic E-state index is 13.3. The summed E-state index contributed by atoms with van der Waals surface area (Å²) in [6.07, 6.45) is -3.25. The number of ether oxygens (including phenoxy) is 1. The van der Waals surface area contributed by atoms with Gasteiger partial charge in [-0.3, -0.25) is 0 Å². The summed E-state index contributed by atoms with van der Waals surface area (Å²) in [6.45, 7) is 0.464. The molecule has 1 heterocycles. The highest BCUT2D eigenvalue weighted by atomic mass is 35.5. The molecule has 0 aliphatic heterocycles. The van der Waals surface area contributed by atoms with E-state index in [2.05, 4.69) is 15.3 Å². The topological polar surface area (TPSA) is 67.3 Å². The Morgan fingerprint density at radius 1 is 0.791 bits per heavy atom. The van der Waals surface area contributed by atoms with Crippen molar-refractivity contribution in [3.63, 3.8) is 0 Å². The number of anilines is 1. The summed E-state index contributed by atoms with van der Waals surface area (Å²) < 4.78 is 45.7. The van der Waals surface area contributed by atoms with Gasteiger partial charge in [-0.15, -0.1) is 0 Å². The lowest BCUT2D eigenvalue weighted by molar-refractivity contribution is -0.137. The Kier molecular flexibility index (Phi) is 9.70. The molecule has 0 saturated carbocycles. The van der Waals surface area contributed by atoms with Crippen molar-refractivity contribution in [1.82, 2.24) is 9.97 Å². The minimum atomic E-state index is -4.44. The summed E-state index contributed by atoms with van der Waals surface area (Å²) in [4.78, 5) is 9.17. The summed E-state index contributed by atoms with van der Waals surface area (Å²) in [5, 5.41) is 14.2. The number of unbranched alkanes of at least 4 members (excludes halogenated alkanes) is 1. The van der Waals surface area contributed by atoms with Crippen molar-refractivity contribution in [2.45, 2.75) is 31.5 Å². The molecule has 0 unspecified atom stereocenters. The third-order valence-electron chi connectivity index (χ3n) is 6.94. The Bertz CT molecular complexity index is 1640. The van der Waals surface area contributed by atoms with Crippen LogP contribution in [0.25, 0.3) is 10.9 Å². The van der Waals surface area contributed by atoms with Crippen molar-refractivity contribution in [2.24, 2.45) is 0 Å². The Hall–Kier alpha value is -3.85. The zero-order valence-electron chi connectivity index (χ0n) is 22.9. The smallest absolute Gasteiger partial charge is 0.416 e. The van der Waals surface area contributed by atoms with E-state index in [0.717, 1.165) is 28.8 Å². The van der Waals surface area contributed by atoms with Gasteiger partial charge in [0, 0.05) is 34.5 Å². The number of aliphatic hydroxyl groups is 1. The van der Waals surface area contributed by atoms with Gasteiger partial charge in [0.15, 0.2) is 0 Å². The first kappa shape index (κ1) is 30.6. The van der Waals surface area contributed by atoms with E-state index in [0.29, 0.717) is 51.8 Å². The standard InChI is InChI=1S/C33H28Cl2F3N3O2/c34-26-11-6-22(7-12-26)30(23-8-13-27(35)14-9-23)24-10-15-29-28(19-24)31(41-32(40-29)43-17-2-1-16-42)39-20-21-4-3-5-25(18-21)33(36,37)38/h3-15,18-19,30,42H,1-2,16-17,20H2,(H,39,40,41). The summed E-state index contributed by atoms with van der Waals surface area (Å²) in [6, 6.07) is 26.4. The van der Waals surface area contributed by atoms with Crippen LogP contribution in [0.5, 0.6) is 6.01 Å². The van der Waals surface area contributed by atoms with Gasteiger partial charge in [-0.2, -0.15) is 23.1 Å². The number of aliphatic hydroxyl groups excluding tert-OH is 1. The Labute approximate surface area is 257 Å². The molecule has 4 aromatic carbocycles. The van der Waals surface area contributed by atoms with Crippen molar-refractivity contribution in [3.05, 3.63) is 129 Å². The van der Waals surface area contributed by atoms with E-state index in [4.69, 9.17) is 33.0 Å². The number of alkyl halides is 3. The van der Waals surface area contributed by atoms with Gasteiger partial charge in [-0.05, 0) is 83.6 Å². The van der Waals surface area contributed by atoms with Crippen LogP contribution >= 0.6 is 23.2 Å². The number of nitrogens with one attached hydrogen (secondary N) is 1. The van der Waals surface area contributed by atoms with Crippen molar-refractivity contribution < 1.29 is 23.0 Å². The highest BCUT2D eigenvalue weighted by Gasteiger charge is 2.30. The minimum Gasteiger partial charge on any atom is -0.463 e. The lowest BCUT2D eigenvalue weighted by Crippen LogP contribution is -2.09. The average molecular weight is 627 g/mol. The molecular formula is C33H28Cl2F3N3O2. The molecule has 0 amide bonds. The van der Waals surface area contributed by atoms with E-state index in [-0.39, 0.29) is 25.1 Å². The fourth-order valence-corrected chi connectivity index (χ4v) is 5.06. The first-order valence-corrected chi connectivity index (χ1v) is 14.4. The van der Waals surface area contributed by atoms with Crippen molar-refractivity contribution in [2.75, 3.05) is 18.5 Å². The maximum Gasteiger partial charge on any atom is 0.416 e. The molecule has 0 aliphatic rings. The zero-order chi connectivity index (χ0) is 30.4. The highest BCUT2D eigenvalue weighted by Crippen LogP contribution is 2.36. The fraction of sp³-hybridized carbons (Fsp3) is 0.212. The molecule has 0 atom stereocenters. The van der Waals surface area contributed by atoms with Gasteiger partial charge in [-0.1, -0.05) is 65.7 Å². The SMILES string of the molecule is OCCCCOc1nc(NCc2cccc(C(F)(F)F)c2)c2cc(C(c3ccc(Cl)cc3)c3ccc(Cl)cc3)ccc2n1. The Morgan fingerprint density at radius 3 is 2.07 bits per heavy atom. The lowest BCUT2D eigenvalue weighted by Gasteiger charge is -2.20. The monoisotopic (exact) mass is 625 g/mol. The number of fused-ring (bicyclic) bond motifs is 1. The number of hydrogen-bond acceptors (Lipinski definition) is 5. The van der Waals surface area contributed by atoms with Gasteiger partial charge in [-0.25, -0.2) is 0 Å². The predicted molar refractivity (Wildman–Crippen MR) is 164 cm³/mol. The molecule has 10 heteroatoms. The number of rotatable bonds is 11. The maximum absolute atomic E-state index is 13.3. The minimum absolute atomic E-state index is 0.0525. The molecule has 0 bridgehead atoms. The average Bonchev–Trinajstić information content (AvgIpc) is 3.00. The third kappa shape index (κ3) is 7.76. The number of halogens is 5. The van der Waals surface area contributed by atoms with E-state index < -0.39 is 11.7 Å². The summed E-state index contributed by atoms with van der Waals surface area (Å²) in [5.41, 5.74) is 3.29. The van der Waals surface area contributed by atoms with Gasteiger partial charge in [0.1, 0.15) is 5.82 Å². The molecule has 0 radical (unpaired) electrons. The van der Waals surface area contributed by atoms with Crippen molar-refractivity contribution >= 4 is 39.9 Å². The van der Waals surface area contributed by atoms with Crippen LogP contribution in [-0.4, -0.2) is 28.3 Å². The van der Waals surface area contributed by atoms with Crippen LogP contribution in [0.3, 0.4) is 0 Å². The molecule has 5 nitrogen and oxygen atoms in total. The highest BCUT2D eigenvalue weighted by molar-refractivity contribution is 6.30. The molecule has 0 fully saturated rings. The zero-order valence-corrected chi connectivity index (χ0v) is 24.4. The van der Waals surface area contributed by atoms with Crippen molar-refractivity contribution in [1.29, 1.82) is 0 Å². The second-order valence-electron chi connectivity index (χ2n) is 10.00. The van der Waals surface area contributed by atoms with Gasteiger partial charge in [0.05, 0.1) is 17.7 Å². The van der Waals surface area contributed by atoms with Gasteiger partial charge < -0.3 is 15.2 Å². The fourth-order valence-electron chi connectivity index (χ4n) is 4.81. The Balaban J connectivity index is 1.56. The molecular weight excluding hydrogens is 598 g/mol. The second kappa shape index (κ2) is 13.6. The Morgan fingerprint density at radius 2 is 1.44 bits per heavy atom. The molecule has 43 heavy (non-hydrogen) atoms. The van der Waals surface area contributed by atoms with Crippen molar-refractivity contribution in [3.8, 4) is 6.01 Å². The van der Waals surface area contributed by atoms with Gasteiger partial charge >= 0.3 is 12.2 Å². The van der Waals surface area contributed by atoms with Crippen LogP contribution in [0.15, 0.2) is 91.0 Å². The summed E-state index contributed by atoms with van der Waals surface area (Å²) >= 11 is 12.4. The van der Waals surface area contributed by atoms with Gasteiger partial charge in [0.25, 0.3) is 0 Å². The van der Waals surface area contributed by atoms with E-state index in [1.165, 1.54) is 6.07 Å². The molecule has 2 N–H and O–H groups in total. The first-order chi connectivity index (χ1) is 20.7. The summed E-state index contributed by atoms with van der Waals surface area (Å²) in [7, 11) is 0. The quantitative estimate of drug-likeness (QED) is 0.113. The number of hydrogen-bond donors (Lipinski definition) is 2. The normalized spacial score (nSPS) is 11.7. The first-order valence-electron chi connectivity index (χ1n) is 13.7. The third-order valence-corrected chi connectivity index (χ3v) is 7.44. The number of benzene rings is 4. The van der Waals surface area contributed by atoms with Crippen LogP contribution in [0.1, 0.15) is 46.6 Å². The van der Waals surface area contributed by atoms with Crippen LogP contribution in [0.2, 0.25) is 10.0 Å². The van der Waals surface area contributed by atoms with Crippen LogP contribution in [0.4, 0.5) is 19.0 Å². The molecule has 1 aromatic heterocycles. The second-order valence-corrected chi connectivity index (χ2v) is 10.9. The molecule has 0 spiro atoms. The van der Waals surface area contributed by atoms with E-state index in [1.54, 1.807) is 6.07 Å². The van der Waals surface area contributed by atoms with Crippen LogP contribution in [-0.2, 0) is 12.7 Å². The molecule has 0 aliphatic carbocycles. The van der Waals surface area contributed by atoms with Crippen LogP contribution in [0, 0.1) is 0 Å². The van der Waals surface area contributed by atoms with E-state index in [1.807, 2.05) is 66.7 Å². The van der Waals surface area contributed by atoms with Gasteiger partial charge in [0.2, 0.25) is 0 Å². The number of nitrogens with zero attached hydrogens (tertiary/aromatic N) is 2. The number of aromatic nitrogens is 2.